The summed E-state index contributed by atoms with van der Waals surface area (Å²) in [5.41, 5.74) is 7.27. The van der Waals surface area contributed by atoms with Gasteiger partial charge in [-0.1, -0.05) is 30.3 Å². The number of thiophene rings is 1. The van der Waals surface area contributed by atoms with Crippen LogP contribution in [0.3, 0.4) is 0 Å². The van der Waals surface area contributed by atoms with Crippen molar-refractivity contribution in [3.05, 3.63) is 58.0 Å². The van der Waals surface area contributed by atoms with E-state index in [1.165, 1.54) is 11.3 Å². The summed E-state index contributed by atoms with van der Waals surface area (Å²) in [6.45, 7) is -0.278. The number of ether oxygens (including phenoxy) is 1. The van der Waals surface area contributed by atoms with Crippen LogP contribution in [-0.2, 0) is 17.6 Å². The van der Waals surface area contributed by atoms with Gasteiger partial charge in [0.15, 0.2) is 12.9 Å². The van der Waals surface area contributed by atoms with Crippen molar-refractivity contribution in [3.63, 3.8) is 0 Å². The molecule has 142 valence electrons. The van der Waals surface area contributed by atoms with Gasteiger partial charge in [-0.3, -0.25) is 14.4 Å². The lowest BCUT2D eigenvalue weighted by molar-refractivity contribution is -0.118. The Balaban J connectivity index is 1.51. The van der Waals surface area contributed by atoms with Gasteiger partial charge in [0.25, 0.3) is 11.8 Å². The van der Waals surface area contributed by atoms with Crippen LogP contribution in [0.15, 0.2) is 36.4 Å². The van der Waals surface area contributed by atoms with E-state index < -0.39 is 11.8 Å². The molecule has 6 nitrogen and oxygen atoms in total. The molecule has 0 saturated heterocycles. The number of hydrogen-bond donors (Lipinski definition) is 2. The Morgan fingerprint density at radius 3 is 2.79 bits per heavy atom. The van der Waals surface area contributed by atoms with Crippen molar-refractivity contribution in [2.75, 3.05) is 11.9 Å². The Morgan fingerprint density at radius 2 is 2.00 bits per heavy atom. The molecule has 1 heterocycles. The molecule has 2 aromatic carbocycles. The largest absolute Gasteiger partial charge is 0.483 e. The normalized spacial score (nSPS) is 12.6. The highest BCUT2D eigenvalue weighted by Crippen LogP contribution is 2.38. The second-order valence-electron chi connectivity index (χ2n) is 6.58. The number of nitrogens with two attached hydrogens (primary N) is 1. The van der Waals surface area contributed by atoms with E-state index in [1.807, 2.05) is 30.3 Å². The molecule has 0 unspecified atom stereocenters. The van der Waals surface area contributed by atoms with E-state index in [4.69, 9.17) is 10.5 Å². The molecule has 0 spiro atoms. The standard InChI is InChI=1S/C21H18N2O4S/c22-20(26)19-14-6-3-7-17(14)28-21(19)23-18(25)11-27-16-9-8-12-4-1-2-5-13(12)15(16)10-24/h1-2,4-5,8-10H,3,6-7,11H2,(H2,22,26)(H,23,25). The summed E-state index contributed by atoms with van der Waals surface area (Å²) in [5, 5.41) is 4.89. The van der Waals surface area contributed by atoms with Gasteiger partial charge in [-0.2, -0.15) is 0 Å². The predicted molar refractivity (Wildman–Crippen MR) is 108 cm³/mol. The van der Waals surface area contributed by atoms with Gasteiger partial charge >= 0.3 is 0 Å². The van der Waals surface area contributed by atoms with Gasteiger partial charge in [-0.05, 0) is 41.7 Å². The maximum absolute atomic E-state index is 12.4. The highest BCUT2D eigenvalue weighted by Gasteiger charge is 2.26. The number of carbonyl (C=O) groups excluding carboxylic acids is 3. The molecule has 2 amide bonds. The van der Waals surface area contributed by atoms with Gasteiger partial charge in [0, 0.05) is 4.88 Å². The number of hydrogen-bond acceptors (Lipinski definition) is 5. The van der Waals surface area contributed by atoms with Gasteiger partial charge in [0.05, 0.1) is 11.1 Å². The summed E-state index contributed by atoms with van der Waals surface area (Å²) < 4.78 is 5.59. The van der Waals surface area contributed by atoms with E-state index in [2.05, 4.69) is 5.32 Å². The second-order valence-corrected chi connectivity index (χ2v) is 7.68. The van der Waals surface area contributed by atoms with Crippen molar-refractivity contribution in [3.8, 4) is 5.75 Å². The zero-order chi connectivity index (χ0) is 19.7. The summed E-state index contributed by atoms with van der Waals surface area (Å²) in [6, 6.07) is 11.0. The number of nitrogens with one attached hydrogen (secondary N) is 1. The van der Waals surface area contributed by atoms with E-state index >= 15 is 0 Å². The van der Waals surface area contributed by atoms with Crippen LogP contribution >= 0.6 is 11.3 Å². The first-order valence-corrected chi connectivity index (χ1v) is 9.74. The molecule has 3 aromatic rings. The molecule has 0 atom stereocenters. The number of aryl methyl sites for hydroxylation is 1. The van der Waals surface area contributed by atoms with Crippen molar-refractivity contribution in [1.82, 2.24) is 0 Å². The van der Waals surface area contributed by atoms with Crippen LogP contribution < -0.4 is 15.8 Å². The molecule has 3 N–H and O–H groups in total. The fraction of sp³-hybridized carbons (Fsp3) is 0.190. The number of benzene rings is 2. The van der Waals surface area contributed by atoms with Gasteiger partial charge in [-0.25, -0.2) is 0 Å². The third kappa shape index (κ3) is 3.25. The first-order chi connectivity index (χ1) is 13.6. The summed E-state index contributed by atoms with van der Waals surface area (Å²) >= 11 is 1.39. The lowest BCUT2D eigenvalue weighted by Crippen LogP contribution is -2.22. The second kappa shape index (κ2) is 7.44. The number of anilines is 1. The van der Waals surface area contributed by atoms with Crippen LogP contribution in [0, 0.1) is 0 Å². The molecule has 0 radical (unpaired) electrons. The average Bonchev–Trinajstić information content (AvgIpc) is 3.26. The number of aldehydes is 1. The molecule has 0 fully saturated rings. The molecule has 28 heavy (non-hydrogen) atoms. The molecule has 1 aromatic heterocycles. The monoisotopic (exact) mass is 394 g/mol. The third-order valence-electron chi connectivity index (χ3n) is 4.83. The predicted octanol–water partition coefficient (Wildman–Crippen LogP) is 3.32. The first-order valence-electron chi connectivity index (χ1n) is 8.92. The highest BCUT2D eigenvalue weighted by atomic mass is 32.1. The molecule has 4 rings (SSSR count). The van der Waals surface area contributed by atoms with Crippen LogP contribution in [0.2, 0.25) is 0 Å². The topological polar surface area (TPSA) is 98.5 Å². The summed E-state index contributed by atoms with van der Waals surface area (Å²) in [4.78, 5) is 36.8. The molecular formula is C21H18N2O4S. The van der Waals surface area contributed by atoms with Crippen molar-refractivity contribution in [2.24, 2.45) is 5.73 Å². The minimum Gasteiger partial charge on any atom is -0.483 e. The molecular weight excluding hydrogens is 376 g/mol. The minimum absolute atomic E-state index is 0.278. The Kier molecular flexibility index (Phi) is 4.83. The van der Waals surface area contributed by atoms with Crippen LogP contribution in [0.25, 0.3) is 10.8 Å². The summed E-state index contributed by atoms with van der Waals surface area (Å²) in [5.74, 6) is -0.603. The van der Waals surface area contributed by atoms with E-state index in [-0.39, 0.29) is 6.61 Å². The van der Waals surface area contributed by atoms with Crippen LogP contribution in [-0.4, -0.2) is 24.7 Å². The summed E-state index contributed by atoms with van der Waals surface area (Å²) in [6.07, 6.45) is 3.42. The third-order valence-corrected chi connectivity index (χ3v) is 6.04. The minimum atomic E-state index is -0.534. The Hall–Kier alpha value is -3.19. The lowest BCUT2D eigenvalue weighted by atomic mass is 10.0. The Labute approximate surface area is 165 Å². The van der Waals surface area contributed by atoms with Crippen LogP contribution in [0.4, 0.5) is 5.00 Å². The highest BCUT2D eigenvalue weighted by molar-refractivity contribution is 7.17. The molecule has 0 aliphatic heterocycles. The fourth-order valence-electron chi connectivity index (χ4n) is 3.58. The quantitative estimate of drug-likeness (QED) is 0.627. The lowest BCUT2D eigenvalue weighted by Gasteiger charge is -2.11. The smallest absolute Gasteiger partial charge is 0.262 e. The van der Waals surface area contributed by atoms with Gasteiger partial charge in [0.2, 0.25) is 0 Å². The number of primary amides is 1. The van der Waals surface area contributed by atoms with E-state index in [1.54, 1.807) is 6.07 Å². The van der Waals surface area contributed by atoms with Gasteiger partial charge in [0.1, 0.15) is 10.8 Å². The SMILES string of the molecule is NC(=O)c1c(NC(=O)COc2ccc3ccccc3c2C=O)sc2c1CCC2. The van der Waals surface area contributed by atoms with E-state index in [0.717, 1.165) is 46.8 Å². The molecule has 7 heteroatoms. The van der Waals surface area contributed by atoms with E-state index in [0.29, 0.717) is 21.9 Å². The molecule has 1 aliphatic carbocycles. The van der Waals surface area contributed by atoms with Gasteiger partial charge < -0.3 is 15.8 Å². The molecule has 1 aliphatic rings. The van der Waals surface area contributed by atoms with Crippen LogP contribution in [0.1, 0.15) is 37.6 Å². The van der Waals surface area contributed by atoms with E-state index in [9.17, 15) is 14.4 Å². The zero-order valence-electron chi connectivity index (χ0n) is 15.0. The van der Waals surface area contributed by atoms with Crippen molar-refractivity contribution >= 4 is 45.2 Å². The van der Waals surface area contributed by atoms with Crippen molar-refractivity contribution < 1.29 is 19.1 Å². The number of amides is 2. The zero-order valence-corrected chi connectivity index (χ0v) is 15.8. The summed E-state index contributed by atoms with van der Waals surface area (Å²) in [7, 11) is 0. The van der Waals surface area contributed by atoms with Gasteiger partial charge in [-0.15, -0.1) is 11.3 Å². The number of carbonyl (C=O) groups is 3. The number of fused-ring (bicyclic) bond motifs is 2. The van der Waals surface area contributed by atoms with Crippen LogP contribution in [0.5, 0.6) is 5.75 Å². The maximum Gasteiger partial charge on any atom is 0.262 e. The average molecular weight is 394 g/mol. The van der Waals surface area contributed by atoms with Crippen molar-refractivity contribution in [2.45, 2.75) is 19.3 Å². The van der Waals surface area contributed by atoms with Crippen molar-refractivity contribution in [1.29, 1.82) is 0 Å². The maximum atomic E-state index is 12.4. The Bertz CT molecular complexity index is 1100. The molecule has 0 bridgehead atoms. The first kappa shape index (κ1) is 18.2. The molecule has 0 saturated carbocycles. The number of rotatable bonds is 6. The fourth-order valence-corrected chi connectivity index (χ4v) is 4.89. The Morgan fingerprint density at radius 1 is 1.18 bits per heavy atom.